The summed E-state index contributed by atoms with van der Waals surface area (Å²) in [6, 6.07) is 11.5. The average Bonchev–Trinajstić information content (AvgIpc) is 2.94. The predicted molar refractivity (Wildman–Crippen MR) is 97.1 cm³/mol. The second-order valence-corrected chi connectivity index (χ2v) is 6.52. The Hall–Kier alpha value is -2.57. The number of halogens is 2. The first-order chi connectivity index (χ1) is 12.0. The van der Waals surface area contributed by atoms with Crippen molar-refractivity contribution < 1.29 is 9.59 Å². The molecule has 4 rings (SSSR count). The number of fused-ring (bicyclic) bond motifs is 3. The third kappa shape index (κ3) is 2.83. The SMILES string of the molecule is O=C1CC(C(=O)Nc2ccc(Cl)cc2Cl)n2c(nc3ccccc32)N1. The number of para-hydroxylation sites is 2. The maximum absolute atomic E-state index is 12.8. The number of aromatic nitrogens is 2. The van der Waals surface area contributed by atoms with Crippen molar-refractivity contribution in [2.75, 3.05) is 10.6 Å². The fourth-order valence-electron chi connectivity index (χ4n) is 2.91. The first-order valence-corrected chi connectivity index (χ1v) is 8.31. The lowest BCUT2D eigenvalue weighted by Gasteiger charge is -2.25. The molecule has 2 N–H and O–H groups in total. The number of benzene rings is 2. The first kappa shape index (κ1) is 15.9. The number of hydrogen-bond acceptors (Lipinski definition) is 3. The third-order valence-electron chi connectivity index (χ3n) is 4.03. The number of nitrogens with zero attached hydrogens (tertiary/aromatic N) is 2. The quantitative estimate of drug-likeness (QED) is 0.714. The van der Waals surface area contributed by atoms with E-state index in [0.717, 1.165) is 5.52 Å². The largest absolute Gasteiger partial charge is 0.323 e. The molecule has 0 radical (unpaired) electrons. The van der Waals surface area contributed by atoms with Gasteiger partial charge in [0.05, 0.1) is 28.2 Å². The van der Waals surface area contributed by atoms with Crippen molar-refractivity contribution in [1.82, 2.24) is 9.55 Å². The fourth-order valence-corrected chi connectivity index (χ4v) is 3.36. The summed E-state index contributed by atoms with van der Waals surface area (Å²) >= 11 is 12.0. The van der Waals surface area contributed by atoms with Crippen molar-refractivity contribution in [1.29, 1.82) is 0 Å². The van der Waals surface area contributed by atoms with E-state index in [2.05, 4.69) is 15.6 Å². The van der Waals surface area contributed by atoms with Crippen LogP contribution in [0.1, 0.15) is 12.5 Å². The van der Waals surface area contributed by atoms with Crippen molar-refractivity contribution in [3.8, 4) is 0 Å². The molecule has 1 aliphatic rings. The van der Waals surface area contributed by atoms with Gasteiger partial charge in [0.1, 0.15) is 6.04 Å². The second kappa shape index (κ2) is 6.06. The summed E-state index contributed by atoms with van der Waals surface area (Å²) in [5.41, 5.74) is 1.93. The Morgan fingerprint density at radius 3 is 2.84 bits per heavy atom. The first-order valence-electron chi connectivity index (χ1n) is 7.55. The molecule has 1 aliphatic heterocycles. The van der Waals surface area contributed by atoms with E-state index in [-0.39, 0.29) is 18.2 Å². The number of anilines is 2. The van der Waals surface area contributed by atoms with Gasteiger partial charge < -0.3 is 5.32 Å². The molecular formula is C17H12Cl2N4O2. The van der Waals surface area contributed by atoms with Gasteiger partial charge in [0, 0.05) is 5.02 Å². The zero-order valence-corrected chi connectivity index (χ0v) is 14.3. The van der Waals surface area contributed by atoms with E-state index >= 15 is 0 Å². The van der Waals surface area contributed by atoms with Gasteiger partial charge in [-0.15, -0.1) is 0 Å². The van der Waals surface area contributed by atoms with E-state index in [0.29, 0.717) is 27.2 Å². The van der Waals surface area contributed by atoms with E-state index in [1.165, 1.54) is 0 Å². The standard InChI is InChI=1S/C17H12Cl2N4O2/c18-9-5-6-11(10(19)7-9)20-16(25)14-8-15(24)22-17-21-12-3-1-2-4-13(12)23(14)17/h1-7,14H,8H2,(H,20,25)(H,21,22,24). The number of hydrogen-bond donors (Lipinski definition) is 2. The van der Waals surface area contributed by atoms with Crippen LogP contribution in [0.3, 0.4) is 0 Å². The van der Waals surface area contributed by atoms with Crippen LogP contribution in [-0.4, -0.2) is 21.4 Å². The van der Waals surface area contributed by atoms with Crippen molar-refractivity contribution in [2.24, 2.45) is 0 Å². The summed E-state index contributed by atoms with van der Waals surface area (Å²) in [6.07, 6.45) is 0.0183. The molecule has 0 saturated heterocycles. The summed E-state index contributed by atoms with van der Waals surface area (Å²) in [7, 11) is 0. The monoisotopic (exact) mass is 374 g/mol. The van der Waals surface area contributed by atoms with E-state index in [1.807, 2.05) is 24.3 Å². The molecule has 1 atom stereocenters. The Balaban J connectivity index is 1.73. The molecule has 1 unspecified atom stereocenters. The highest BCUT2D eigenvalue weighted by atomic mass is 35.5. The van der Waals surface area contributed by atoms with Crippen molar-refractivity contribution in [2.45, 2.75) is 12.5 Å². The van der Waals surface area contributed by atoms with Crippen LogP contribution in [0, 0.1) is 0 Å². The van der Waals surface area contributed by atoms with Crippen molar-refractivity contribution in [3.05, 3.63) is 52.5 Å². The van der Waals surface area contributed by atoms with Crippen LogP contribution in [0.4, 0.5) is 11.6 Å². The van der Waals surface area contributed by atoms with Crippen LogP contribution in [0.25, 0.3) is 11.0 Å². The molecule has 2 aromatic carbocycles. The van der Waals surface area contributed by atoms with Gasteiger partial charge in [-0.25, -0.2) is 4.98 Å². The molecule has 8 heteroatoms. The Labute approximate surface area is 152 Å². The summed E-state index contributed by atoms with van der Waals surface area (Å²) in [4.78, 5) is 29.2. The number of rotatable bonds is 2. The molecular weight excluding hydrogens is 363 g/mol. The molecule has 0 spiro atoms. The molecule has 2 amide bonds. The second-order valence-electron chi connectivity index (χ2n) is 5.68. The third-order valence-corrected chi connectivity index (χ3v) is 4.58. The van der Waals surface area contributed by atoms with Gasteiger partial charge in [-0.2, -0.15) is 0 Å². The number of carbonyl (C=O) groups excluding carboxylic acids is 2. The molecule has 2 heterocycles. The Morgan fingerprint density at radius 2 is 2.04 bits per heavy atom. The Bertz CT molecular complexity index is 1020. The minimum atomic E-state index is -0.720. The van der Waals surface area contributed by atoms with Gasteiger partial charge in [-0.3, -0.25) is 19.5 Å². The lowest BCUT2D eigenvalue weighted by molar-refractivity contribution is -0.124. The Morgan fingerprint density at radius 1 is 1.24 bits per heavy atom. The zero-order valence-electron chi connectivity index (χ0n) is 12.8. The zero-order chi connectivity index (χ0) is 17.6. The van der Waals surface area contributed by atoms with Gasteiger partial charge in [0.25, 0.3) is 0 Å². The number of amides is 2. The average molecular weight is 375 g/mol. The van der Waals surface area contributed by atoms with Crippen LogP contribution >= 0.6 is 23.2 Å². The summed E-state index contributed by atoms with van der Waals surface area (Å²) in [5, 5.41) is 6.28. The summed E-state index contributed by atoms with van der Waals surface area (Å²) in [6.45, 7) is 0. The van der Waals surface area contributed by atoms with Crippen molar-refractivity contribution >= 4 is 57.7 Å². The van der Waals surface area contributed by atoms with E-state index in [1.54, 1.807) is 22.8 Å². The van der Waals surface area contributed by atoms with Crippen LogP contribution in [0.15, 0.2) is 42.5 Å². The highest BCUT2D eigenvalue weighted by molar-refractivity contribution is 6.36. The molecule has 0 saturated carbocycles. The summed E-state index contributed by atoms with van der Waals surface area (Å²) in [5.74, 6) is -0.242. The van der Waals surface area contributed by atoms with E-state index in [4.69, 9.17) is 23.2 Å². The normalized spacial score (nSPS) is 16.4. The van der Waals surface area contributed by atoms with Gasteiger partial charge >= 0.3 is 0 Å². The Kier molecular flexibility index (Phi) is 3.86. The van der Waals surface area contributed by atoms with Crippen LogP contribution in [0.2, 0.25) is 10.0 Å². The highest BCUT2D eigenvalue weighted by Gasteiger charge is 2.33. The highest BCUT2D eigenvalue weighted by Crippen LogP contribution is 2.32. The molecule has 126 valence electrons. The topological polar surface area (TPSA) is 76.0 Å². The molecule has 0 bridgehead atoms. The number of carbonyl (C=O) groups is 2. The van der Waals surface area contributed by atoms with Crippen LogP contribution in [-0.2, 0) is 9.59 Å². The summed E-state index contributed by atoms with van der Waals surface area (Å²) < 4.78 is 1.73. The maximum atomic E-state index is 12.8. The van der Waals surface area contributed by atoms with Crippen LogP contribution < -0.4 is 10.6 Å². The molecule has 1 aromatic heterocycles. The molecule has 3 aromatic rings. The smallest absolute Gasteiger partial charge is 0.248 e. The molecule has 25 heavy (non-hydrogen) atoms. The molecule has 0 fully saturated rings. The van der Waals surface area contributed by atoms with E-state index < -0.39 is 6.04 Å². The van der Waals surface area contributed by atoms with Crippen LogP contribution in [0.5, 0.6) is 0 Å². The van der Waals surface area contributed by atoms with Gasteiger partial charge in [-0.05, 0) is 30.3 Å². The minimum Gasteiger partial charge on any atom is -0.323 e. The fraction of sp³-hybridized carbons (Fsp3) is 0.118. The predicted octanol–water partition coefficient (Wildman–Crippen LogP) is 3.87. The minimum absolute atomic E-state index is 0.0183. The molecule has 0 aliphatic carbocycles. The lowest BCUT2D eigenvalue weighted by Crippen LogP contribution is -2.35. The number of nitrogens with one attached hydrogen (secondary N) is 2. The maximum Gasteiger partial charge on any atom is 0.248 e. The van der Waals surface area contributed by atoms with Gasteiger partial charge in [-0.1, -0.05) is 35.3 Å². The molecule has 6 nitrogen and oxygen atoms in total. The van der Waals surface area contributed by atoms with Gasteiger partial charge in [0.2, 0.25) is 17.8 Å². The number of imidazole rings is 1. The van der Waals surface area contributed by atoms with Crippen molar-refractivity contribution in [3.63, 3.8) is 0 Å². The van der Waals surface area contributed by atoms with E-state index in [9.17, 15) is 9.59 Å². The lowest BCUT2D eigenvalue weighted by atomic mass is 10.1. The van der Waals surface area contributed by atoms with Gasteiger partial charge in [0.15, 0.2) is 0 Å².